The standard InChI is InChI=1S/C9H8BrNO3.2H2O.O.V/c10-7-2-1-6(8(12)3-7)4-11-5-9(13)14;;;;/h1-4,11H,5H2,(H,13,14);2*1H2;;/q;;;;+2. The molecule has 1 rings (SSSR count). The van der Waals surface area contributed by atoms with E-state index in [1.54, 1.807) is 12.2 Å². The molecule has 0 saturated carbocycles. The van der Waals surface area contributed by atoms with E-state index in [4.69, 9.17) is 16.8 Å². The molecule has 0 saturated heterocycles. The Morgan fingerprint density at radius 1 is 1.50 bits per heavy atom. The number of allylic oxidation sites excluding steroid dienone is 5. The maximum atomic E-state index is 11.3. The Kier molecular flexibility index (Phi) is 8.43. The molecular formula is C9H12BrNO6V+2. The summed E-state index contributed by atoms with van der Waals surface area (Å²) in [6.07, 6.45) is 6.15. The van der Waals surface area contributed by atoms with Crippen LogP contribution in [0.15, 0.2) is 34.5 Å². The molecule has 7 nitrogen and oxygen atoms in total. The molecule has 0 amide bonds. The number of carbonyl (C=O) groups is 2. The van der Waals surface area contributed by atoms with Crippen molar-refractivity contribution >= 4 is 27.7 Å². The fourth-order valence-electron chi connectivity index (χ4n) is 0.876. The van der Waals surface area contributed by atoms with Crippen LogP contribution >= 0.6 is 15.9 Å². The summed E-state index contributed by atoms with van der Waals surface area (Å²) in [4.78, 5) is 21.4. The van der Waals surface area contributed by atoms with Crippen LogP contribution in [0.3, 0.4) is 0 Å². The molecule has 0 fully saturated rings. The zero-order valence-corrected chi connectivity index (χ0v) is 12.0. The van der Waals surface area contributed by atoms with E-state index in [0.29, 0.717) is 10.1 Å². The summed E-state index contributed by atoms with van der Waals surface area (Å²) >= 11 is 0.222. The number of aliphatic carboxylic acids is 1. The van der Waals surface area contributed by atoms with Crippen molar-refractivity contribution in [3.63, 3.8) is 0 Å². The molecule has 18 heavy (non-hydrogen) atoms. The van der Waals surface area contributed by atoms with E-state index in [1.165, 1.54) is 12.3 Å². The first kappa shape index (κ1) is 16.9. The van der Waals surface area contributed by atoms with E-state index in [0.717, 1.165) is 0 Å². The Morgan fingerprint density at radius 2 is 2.06 bits per heavy atom. The van der Waals surface area contributed by atoms with Crippen molar-refractivity contribution in [2.45, 2.75) is 0 Å². The third-order valence-corrected chi connectivity index (χ3v) is 1.98. The summed E-state index contributed by atoms with van der Waals surface area (Å²) in [5.74, 6) is -1.12. The van der Waals surface area contributed by atoms with Crippen molar-refractivity contribution in [3.8, 4) is 0 Å². The number of hydrogen-bond donors (Lipinski definition) is 2. The van der Waals surface area contributed by atoms with Crippen molar-refractivity contribution in [1.29, 1.82) is 0 Å². The van der Waals surface area contributed by atoms with Gasteiger partial charge in [-0.25, -0.2) is 0 Å². The second-order valence-electron chi connectivity index (χ2n) is 2.90. The number of hydrogen-bond acceptors (Lipinski definition) is 4. The molecule has 0 aromatic carbocycles. The second-order valence-corrected chi connectivity index (χ2v) is 4.73. The van der Waals surface area contributed by atoms with Crippen LogP contribution in [0.25, 0.3) is 0 Å². The quantitative estimate of drug-likeness (QED) is 0.502. The van der Waals surface area contributed by atoms with Gasteiger partial charge in [0.25, 0.3) is 0 Å². The third-order valence-electron chi connectivity index (χ3n) is 1.49. The fraction of sp³-hybridized carbons (Fsp3) is 0.111. The minimum atomic E-state index is -2.94. The monoisotopic (exact) mass is 360 g/mol. The normalized spacial score (nSPS) is 15.6. The molecule has 0 aromatic rings. The molecule has 0 heterocycles. The zero-order valence-electron chi connectivity index (χ0n) is 9.01. The molecule has 0 bridgehead atoms. The van der Waals surface area contributed by atoms with E-state index in [-0.39, 0.29) is 12.3 Å². The molecule has 1 aliphatic rings. The first-order valence-electron chi connectivity index (χ1n) is 4.47. The molecular weight excluding hydrogens is 349 g/mol. The summed E-state index contributed by atoms with van der Waals surface area (Å²) in [5, 5.41) is 10.9. The predicted molar refractivity (Wildman–Crippen MR) is 62.8 cm³/mol. The SMILES string of the molecule is O=C(O)CNC=C1C=CC(Br)=CC1=O.[O]=[V]([OH2+])[OH2+]. The predicted octanol–water partition coefficient (Wildman–Crippen LogP) is -0.808. The number of halogens is 1. The van der Waals surface area contributed by atoms with Crippen molar-refractivity contribution in [2.24, 2.45) is 0 Å². The number of rotatable bonds is 3. The van der Waals surface area contributed by atoms with Crippen LogP contribution in [-0.4, -0.2) is 31.5 Å². The molecule has 0 unspecified atom stereocenters. The van der Waals surface area contributed by atoms with E-state index in [9.17, 15) is 9.59 Å². The average molecular weight is 361 g/mol. The summed E-state index contributed by atoms with van der Waals surface area (Å²) < 4.78 is 21.4. The Morgan fingerprint density at radius 3 is 2.50 bits per heavy atom. The molecule has 0 aromatic heterocycles. The number of carbonyl (C=O) groups excluding carboxylic acids is 1. The van der Waals surface area contributed by atoms with Gasteiger partial charge in [0.05, 0.1) is 0 Å². The molecule has 0 aliphatic heterocycles. The van der Waals surface area contributed by atoms with Crippen molar-refractivity contribution < 1.29 is 42.2 Å². The average Bonchev–Trinajstić information content (AvgIpc) is 2.20. The summed E-state index contributed by atoms with van der Waals surface area (Å²) in [6.45, 7) is -0.199. The molecule has 1 aliphatic carbocycles. The van der Waals surface area contributed by atoms with Gasteiger partial charge >= 0.3 is 33.5 Å². The number of nitrogens with one attached hydrogen (secondary N) is 1. The first-order valence-corrected chi connectivity index (χ1v) is 7.23. The van der Waals surface area contributed by atoms with Crippen molar-refractivity contribution in [2.75, 3.05) is 6.54 Å². The maximum absolute atomic E-state index is 11.3. The van der Waals surface area contributed by atoms with Crippen LogP contribution in [0.5, 0.6) is 0 Å². The summed E-state index contributed by atoms with van der Waals surface area (Å²) in [7, 11) is 0. The van der Waals surface area contributed by atoms with Gasteiger partial charge < -0.3 is 10.4 Å². The van der Waals surface area contributed by atoms with Gasteiger partial charge in [-0.3, -0.25) is 9.59 Å². The van der Waals surface area contributed by atoms with Crippen LogP contribution in [-0.2, 0) is 29.1 Å². The van der Waals surface area contributed by atoms with Gasteiger partial charge in [-0.05, 0) is 12.2 Å². The van der Waals surface area contributed by atoms with Crippen molar-refractivity contribution in [3.05, 3.63) is 34.5 Å². The summed E-state index contributed by atoms with van der Waals surface area (Å²) in [5.41, 5.74) is 0.439. The van der Waals surface area contributed by atoms with Crippen LogP contribution in [0.4, 0.5) is 0 Å². The number of carboxylic acids is 1. The molecule has 0 spiro atoms. The van der Waals surface area contributed by atoms with Crippen LogP contribution < -0.4 is 5.32 Å². The van der Waals surface area contributed by atoms with Gasteiger partial charge in [-0.2, -0.15) is 0 Å². The Bertz CT molecular complexity index is 438. The third kappa shape index (κ3) is 9.02. The number of carboxylic acid groups (broad SMARTS) is 1. The fourth-order valence-corrected chi connectivity index (χ4v) is 1.22. The van der Waals surface area contributed by atoms with Gasteiger partial charge in [0.15, 0.2) is 5.78 Å². The first-order chi connectivity index (χ1) is 8.32. The zero-order chi connectivity index (χ0) is 14.1. The van der Waals surface area contributed by atoms with Crippen molar-refractivity contribution in [1.82, 2.24) is 5.32 Å². The Labute approximate surface area is 116 Å². The van der Waals surface area contributed by atoms with E-state index in [2.05, 4.69) is 21.2 Å². The van der Waals surface area contributed by atoms with E-state index >= 15 is 0 Å². The van der Waals surface area contributed by atoms with E-state index in [1.807, 2.05) is 0 Å². The number of ketones is 1. The van der Waals surface area contributed by atoms with Gasteiger partial charge in [0.1, 0.15) is 6.54 Å². The Balaban J connectivity index is 0.000000631. The molecule has 9 heteroatoms. The Hall–Kier alpha value is -1.06. The van der Waals surface area contributed by atoms with Gasteiger partial charge in [-0.1, -0.05) is 15.9 Å². The molecule has 99 valence electrons. The molecule has 0 atom stereocenters. The summed E-state index contributed by atoms with van der Waals surface area (Å²) in [6, 6.07) is 0. The minimum absolute atomic E-state index is 0.155. The van der Waals surface area contributed by atoms with Crippen LogP contribution in [0.1, 0.15) is 0 Å². The van der Waals surface area contributed by atoms with Crippen LogP contribution in [0.2, 0.25) is 0 Å². The topological polar surface area (TPSA) is 129 Å². The van der Waals surface area contributed by atoms with Gasteiger partial charge in [0.2, 0.25) is 0 Å². The van der Waals surface area contributed by atoms with Gasteiger partial charge in [0, 0.05) is 22.3 Å². The molecule has 0 radical (unpaired) electrons. The van der Waals surface area contributed by atoms with Gasteiger partial charge in [-0.15, -0.1) is 0 Å². The molecule has 6 N–H and O–H groups in total. The van der Waals surface area contributed by atoms with Crippen LogP contribution in [0, 0.1) is 0 Å². The second kappa shape index (κ2) is 8.95. The van der Waals surface area contributed by atoms with E-state index < -0.39 is 21.8 Å².